The molecule has 0 aliphatic carbocycles. The number of aromatic nitrogens is 2. The largest absolute Gasteiger partial charge is 0.355 e. The van der Waals surface area contributed by atoms with Crippen molar-refractivity contribution in [1.29, 1.82) is 0 Å². The summed E-state index contributed by atoms with van der Waals surface area (Å²) in [6.07, 6.45) is 4.85. The zero-order valence-corrected chi connectivity index (χ0v) is 18.9. The average molecular weight is 473 g/mol. The van der Waals surface area contributed by atoms with E-state index in [1.807, 2.05) is 18.2 Å². The molecule has 0 bridgehead atoms. The van der Waals surface area contributed by atoms with Gasteiger partial charge < -0.3 is 15.2 Å². The Morgan fingerprint density at radius 3 is 2.93 bits per heavy atom. The number of imidazole rings is 1. The number of hydrogen-bond acceptors (Lipinski definition) is 4. The summed E-state index contributed by atoms with van der Waals surface area (Å²) < 4.78 is 1.03. The Morgan fingerprint density at radius 2 is 2.14 bits per heavy atom. The van der Waals surface area contributed by atoms with Crippen molar-refractivity contribution in [2.75, 3.05) is 30.8 Å². The van der Waals surface area contributed by atoms with Crippen molar-refractivity contribution in [1.82, 2.24) is 15.3 Å². The van der Waals surface area contributed by atoms with Crippen LogP contribution in [0, 0.1) is 5.92 Å². The molecular formula is C22H25BrN4OS. The molecule has 0 unspecified atom stereocenters. The summed E-state index contributed by atoms with van der Waals surface area (Å²) in [6, 6.07) is 14.6. The molecule has 0 radical (unpaired) electrons. The number of benzene rings is 2. The van der Waals surface area contributed by atoms with Crippen molar-refractivity contribution in [3.63, 3.8) is 0 Å². The lowest BCUT2D eigenvalue weighted by Gasteiger charge is -2.31. The van der Waals surface area contributed by atoms with Gasteiger partial charge in [0.25, 0.3) is 0 Å². The molecule has 1 amide bonds. The Balaban J connectivity index is 1.32. The predicted octanol–water partition coefficient (Wildman–Crippen LogP) is 4.62. The summed E-state index contributed by atoms with van der Waals surface area (Å²) in [6.45, 7) is 2.30. The second-order valence-corrected chi connectivity index (χ2v) is 9.19. The quantitative estimate of drug-likeness (QED) is 0.513. The highest BCUT2D eigenvalue weighted by Crippen LogP contribution is 2.25. The fourth-order valence-electron chi connectivity index (χ4n) is 3.77. The smallest absolute Gasteiger partial charge is 0.224 e. The van der Waals surface area contributed by atoms with Gasteiger partial charge in [-0.05, 0) is 61.4 Å². The Bertz CT molecular complexity index is 988. The minimum Gasteiger partial charge on any atom is -0.355 e. The Morgan fingerprint density at radius 1 is 1.31 bits per heavy atom. The molecule has 5 nitrogen and oxygen atoms in total. The van der Waals surface area contributed by atoms with Gasteiger partial charge in [-0.2, -0.15) is 0 Å². The highest BCUT2D eigenvalue weighted by Gasteiger charge is 2.27. The summed E-state index contributed by atoms with van der Waals surface area (Å²) >= 11 is 5.24. The van der Waals surface area contributed by atoms with Gasteiger partial charge in [-0.3, -0.25) is 4.79 Å². The van der Waals surface area contributed by atoms with Crippen LogP contribution in [0.3, 0.4) is 0 Å². The third-order valence-electron chi connectivity index (χ3n) is 5.40. The van der Waals surface area contributed by atoms with Gasteiger partial charge in [0.05, 0.1) is 17.0 Å². The Hall–Kier alpha value is -1.99. The number of carbonyl (C=O) groups is 1. The zero-order valence-electron chi connectivity index (χ0n) is 16.5. The van der Waals surface area contributed by atoms with Crippen molar-refractivity contribution in [3.8, 4) is 0 Å². The van der Waals surface area contributed by atoms with Crippen LogP contribution in [-0.2, 0) is 11.2 Å². The van der Waals surface area contributed by atoms with E-state index in [0.29, 0.717) is 13.1 Å². The van der Waals surface area contributed by atoms with Gasteiger partial charge in [-0.1, -0.05) is 28.1 Å². The molecule has 1 saturated heterocycles. The number of aromatic amines is 1. The third-order valence-corrected chi connectivity index (χ3v) is 6.63. The number of anilines is 1. The number of rotatable bonds is 6. The second kappa shape index (κ2) is 9.22. The number of amides is 1. The molecule has 29 heavy (non-hydrogen) atoms. The number of carbonyl (C=O) groups excluding carboxylic acids is 1. The maximum Gasteiger partial charge on any atom is 0.224 e. The third kappa shape index (κ3) is 4.95. The van der Waals surface area contributed by atoms with E-state index >= 15 is 0 Å². The van der Waals surface area contributed by atoms with Crippen LogP contribution in [0.25, 0.3) is 11.0 Å². The molecule has 1 aromatic heterocycles. The number of nitrogens with one attached hydrogen (secondary N) is 2. The minimum atomic E-state index is 0.00238. The van der Waals surface area contributed by atoms with Crippen molar-refractivity contribution < 1.29 is 4.79 Å². The molecule has 0 saturated carbocycles. The van der Waals surface area contributed by atoms with Gasteiger partial charge in [-0.25, -0.2) is 4.98 Å². The number of nitrogens with zero attached hydrogens (tertiary/aromatic N) is 2. The average Bonchev–Trinajstić information content (AvgIpc) is 3.17. The van der Waals surface area contributed by atoms with Crippen LogP contribution in [0.5, 0.6) is 0 Å². The fourth-order valence-corrected chi connectivity index (χ4v) is 4.54. The normalized spacial score (nSPS) is 16.9. The molecule has 3 aromatic rings. The molecule has 152 valence electrons. The SMILES string of the molecule is CSc1ccc(CCNC(=O)[C@@H]2CCCN(c3nc4ccc(Br)cc4[nH]3)C2)cc1. The highest BCUT2D eigenvalue weighted by atomic mass is 79.9. The molecule has 1 aliphatic rings. The van der Waals surface area contributed by atoms with Crippen LogP contribution in [0.4, 0.5) is 5.95 Å². The fraction of sp³-hybridized carbons (Fsp3) is 0.364. The second-order valence-electron chi connectivity index (χ2n) is 7.40. The van der Waals surface area contributed by atoms with Crippen LogP contribution < -0.4 is 10.2 Å². The van der Waals surface area contributed by atoms with E-state index in [2.05, 4.69) is 61.7 Å². The first-order chi connectivity index (χ1) is 14.1. The van der Waals surface area contributed by atoms with E-state index < -0.39 is 0 Å². The molecule has 2 N–H and O–H groups in total. The number of fused-ring (bicyclic) bond motifs is 1. The maximum absolute atomic E-state index is 12.7. The van der Waals surface area contributed by atoms with Gasteiger partial charge in [0.2, 0.25) is 11.9 Å². The van der Waals surface area contributed by atoms with E-state index in [0.717, 1.165) is 47.3 Å². The Kier molecular flexibility index (Phi) is 6.45. The lowest BCUT2D eigenvalue weighted by Crippen LogP contribution is -2.43. The van der Waals surface area contributed by atoms with E-state index in [4.69, 9.17) is 4.98 Å². The topological polar surface area (TPSA) is 61.0 Å². The van der Waals surface area contributed by atoms with Crippen LogP contribution >= 0.6 is 27.7 Å². The lowest BCUT2D eigenvalue weighted by atomic mass is 9.97. The van der Waals surface area contributed by atoms with Crippen molar-refractivity contribution in [3.05, 3.63) is 52.5 Å². The summed E-state index contributed by atoms with van der Waals surface area (Å²) in [5, 5.41) is 3.13. The van der Waals surface area contributed by atoms with Crippen LogP contribution in [0.1, 0.15) is 18.4 Å². The molecule has 2 aromatic carbocycles. The number of H-pyrrole nitrogens is 1. The van der Waals surface area contributed by atoms with Crippen molar-refractivity contribution in [2.45, 2.75) is 24.2 Å². The molecule has 0 spiro atoms. The van der Waals surface area contributed by atoms with Gasteiger partial charge in [0.1, 0.15) is 0 Å². The highest BCUT2D eigenvalue weighted by molar-refractivity contribution is 9.10. The molecule has 1 aliphatic heterocycles. The Labute approximate surface area is 183 Å². The first kappa shape index (κ1) is 20.3. The van der Waals surface area contributed by atoms with Gasteiger partial charge in [0.15, 0.2) is 0 Å². The van der Waals surface area contributed by atoms with Gasteiger partial charge in [0, 0.05) is 29.0 Å². The van der Waals surface area contributed by atoms with Crippen LogP contribution in [0.2, 0.25) is 0 Å². The molecule has 2 heterocycles. The van der Waals surface area contributed by atoms with Crippen LogP contribution in [-0.4, -0.2) is 41.8 Å². The standard InChI is InChI=1S/C22H25BrN4OS/c1-29-18-7-4-15(5-8-18)10-11-24-21(28)16-3-2-12-27(14-16)22-25-19-9-6-17(23)13-20(19)26-22/h4-9,13,16H,2-3,10-12,14H2,1H3,(H,24,28)(H,25,26)/t16-/m1/s1. The minimum absolute atomic E-state index is 0.00238. The van der Waals surface area contributed by atoms with E-state index in [-0.39, 0.29) is 11.8 Å². The van der Waals surface area contributed by atoms with Crippen LogP contribution in [0.15, 0.2) is 51.8 Å². The van der Waals surface area contributed by atoms with Gasteiger partial charge >= 0.3 is 0 Å². The molecular weight excluding hydrogens is 448 g/mol. The number of hydrogen-bond donors (Lipinski definition) is 2. The van der Waals surface area contributed by atoms with E-state index in [1.54, 1.807) is 11.8 Å². The zero-order chi connectivity index (χ0) is 20.2. The molecule has 4 rings (SSSR count). The number of halogens is 1. The number of thioether (sulfide) groups is 1. The summed E-state index contributed by atoms with van der Waals surface area (Å²) in [7, 11) is 0. The summed E-state index contributed by atoms with van der Waals surface area (Å²) in [4.78, 5) is 24.3. The molecule has 1 fully saturated rings. The lowest BCUT2D eigenvalue weighted by molar-refractivity contribution is -0.125. The monoisotopic (exact) mass is 472 g/mol. The first-order valence-corrected chi connectivity index (χ1v) is 11.9. The predicted molar refractivity (Wildman–Crippen MR) is 124 cm³/mol. The summed E-state index contributed by atoms with van der Waals surface area (Å²) in [5.41, 5.74) is 3.21. The molecule has 7 heteroatoms. The van der Waals surface area contributed by atoms with E-state index in [1.165, 1.54) is 10.5 Å². The van der Waals surface area contributed by atoms with E-state index in [9.17, 15) is 4.79 Å². The maximum atomic E-state index is 12.7. The number of piperidine rings is 1. The molecule has 1 atom stereocenters. The van der Waals surface area contributed by atoms with Gasteiger partial charge in [-0.15, -0.1) is 11.8 Å². The van der Waals surface area contributed by atoms with Crippen molar-refractivity contribution in [2.24, 2.45) is 5.92 Å². The summed E-state index contributed by atoms with van der Waals surface area (Å²) in [5.74, 6) is 1.00. The van der Waals surface area contributed by atoms with Crippen molar-refractivity contribution >= 4 is 50.6 Å². The first-order valence-electron chi connectivity index (χ1n) is 9.93.